The van der Waals surface area contributed by atoms with Crippen LogP contribution in [0.5, 0.6) is 5.75 Å². The zero-order chi connectivity index (χ0) is 19.5. The van der Waals surface area contributed by atoms with Gasteiger partial charge < -0.3 is 15.2 Å². The van der Waals surface area contributed by atoms with Crippen molar-refractivity contribution in [2.45, 2.75) is 6.18 Å². The summed E-state index contributed by atoms with van der Waals surface area (Å²) in [5.41, 5.74) is -1.96. The number of carbonyl (C=O) groups is 2. The van der Waals surface area contributed by atoms with Crippen LogP contribution in [0, 0.1) is 0 Å². The number of esters is 1. The molecule has 0 fully saturated rings. The zero-order valence-electron chi connectivity index (χ0n) is 12.7. The summed E-state index contributed by atoms with van der Waals surface area (Å²) in [6.45, 7) is -0.870. The number of ether oxygens (including phenoxy) is 1. The van der Waals surface area contributed by atoms with Crippen LogP contribution in [0.25, 0.3) is 0 Å². The first-order valence-corrected chi connectivity index (χ1v) is 7.66. The topological polar surface area (TPSA) is 75.6 Å². The molecule has 0 saturated heterocycles. The lowest BCUT2D eigenvalue weighted by Gasteiger charge is -2.14. The van der Waals surface area contributed by atoms with Gasteiger partial charge in [-0.05, 0) is 36.4 Å². The number of phenols is 1. The number of alkyl halides is 3. The number of phenolic OH excluding ortho intramolecular Hbond substituents is 1. The highest BCUT2D eigenvalue weighted by Crippen LogP contribution is 2.36. The average molecular weight is 408 g/mol. The minimum Gasteiger partial charge on any atom is -0.507 e. The second-order valence-electron chi connectivity index (χ2n) is 4.97. The Kier molecular flexibility index (Phi) is 5.99. The normalized spacial score (nSPS) is 11.1. The summed E-state index contributed by atoms with van der Waals surface area (Å²) in [6, 6.07) is 6.42. The predicted molar refractivity (Wildman–Crippen MR) is 88.5 cm³/mol. The Hall–Kier alpha value is -2.45. The Morgan fingerprint density at radius 2 is 1.69 bits per heavy atom. The van der Waals surface area contributed by atoms with Crippen LogP contribution in [0.1, 0.15) is 15.9 Å². The molecule has 5 nitrogen and oxygen atoms in total. The number of halogens is 5. The molecule has 0 bridgehead atoms. The van der Waals surface area contributed by atoms with Crippen LogP contribution in [-0.4, -0.2) is 23.6 Å². The maximum Gasteiger partial charge on any atom is 0.418 e. The molecular weight excluding hydrogens is 398 g/mol. The first-order valence-electron chi connectivity index (χ1n) is 6.90. The smallest absolute Gasteiger partial charge is 0.418 e. The van der Waals surface area contributed by atoms with Gasteiger partial charge in [0.1, 0.15) is 11.3 Å². The second kappa shape index (κ2) is 7.84. The van der Waals surface area contributed by atoms with Gasteiger partial charge in [-0.3, -0.25) is 4.79 Å². The maximum atomic E-state index is 13.0. The molecule has 0 saturated carbocycles. The number of rotatable bonds is 4. The van der Waals surface area contributed by atoms with E-state index >= 15 is 0 Å². The Labute approximate surface area is 155 Å². The third-order valence-corrected chi connectivity index (χ3v) is 3.54. The van der Waals surface area contributed by atoms with Crippen molar-refractivity contribution >= 4 is 40.8 Å². The van der Waals surface area contributed by atoms with Crippen LogP contribution in [0.15, 0.2) is 36.4 Å². The number of amides is 1. The molecule has 0 spiro atoms. The number of nitrogens with one attached hydrogen (secondary N) is 1. The van der Waals surface area contributed by atoms with Crippen LogP contribution in [0.2, 0.25) is 10.0 Å². The first kappa shape index (κ1) is 19.9. The van der Waals surface area contributed by atoms with E-state index in [0.717, 1.165) is 18.2 Å². The molecule has 0 aromatic heterocycles. The summed E-state index contributed by atoms with van der Waals surface area (Å²) in [4.78, 5) is 23.6. The number of hydrogen-bond donors (Lipinski definition) is 2. The van der Waals surface area contributed by atoms with Gasteiger partial charge in [0.05, 0.1) is 11.3 Å². The Morgan fingerprint density at radius 3 is 2.35 bits per heavy atom. The molecule has 138 valence electrons. The Morgan fingerprint density at radius 1 is 1.08 bits per heavy atom. The quantitative estimate of drug-likeness (QED) is 0.730. The Balaban J connectivity index is 2.06. The standard InChI is InChI=1S/C16H10Cl2F3NO4/c17-8-2-4-13(23)10(5-8)15(25)26-7-14(24)22-12-3-1-9(18)6-11(12)16(19,20)21/h1-6,23H,7H2,(H,22,24). The van der Waals surface area contributed by atoms with Gasteiger partial charge in [-0.15, -0.1) is 0 Å². The molecular formula is C16H10Cl2F3NO4. The molecule has 26 heavy (non-hydrogen) atoms. The van der Waals surface area contributed by atoms with Crippen molar-refractivity contribution in [2.24, 2.45) is 0 Å². The van der Waals surface area contributed by atoms with E-state index in [1.54, 1.807) is 0 Å². The summed E-state index contributed by atoms with van der Waals surface area (Å²) >= 11 is 11.2. The lowest BCUT2D eigenvalue weighted by molar-refractivity contribution is -0.137. The fraction of sp³-hybridized carbons (Fsp3) is 0.125. The van der Waals surface area contributed by atoms with E-state index in [-0.39, 0.29) is 15.6 Å². The largest absolute Gasteiger partial charge is 0.507 e. The third-order valence-electron chi connectivity index (χ3n) is 3.07. The molecule has 2 rings (SSSR count). The molecule has 0 unspecified atom stereocenters. The minimum absolute atomic E-state index is 0.148. The molecule has 0 radical (unpaired) electrons. The average Bonchev–Trinajstić information content (AvgIpc) is 2.55. The molecule has 0 aliphatic heterocycles. The van der Waals surface area contributed by atoms with Crippen molar-refractivity contribution in [3.05, 3.63) is 57.6 Å². The highest BCUT2D eigenvalue weighted by molar-refractivity contribution is 6.31. The van der Waals surface area contributed by atoms with Gasteiger partial charge >= 0.3 is 12.1 Å². The number of anilines is 1. The van der Waals surface area contributed by atoms with Gasteiger partial charge in [0.15, 0.2) is 6.61 Å². The van der Waals surface area contributed by atoms with E-state index in [9.17, 15) is 27.9 Å². The number of aromatic hydroxyl groups is 1. The van der Waals surface area contributed by atoms with Crippen LogP contribution >= 0.6 is 23.2 Å². The third kappa shape index (κ3) is 5.03. The van der Waals surface area contributed by atoms with Gasteiger partial charge in [0, 0.05) is 10.0 Å². The Bertz CT molecular complexity index is 856. The number of benzene rings is 2. The van der Waals surface area contributed by atoms with E-state index in [1.165, 1.54) is 12.1 Å². The summed E-state index contributed by atoms with van der Waals surface area (Å²) in [6.07, 6.45) is -4.74. The van der Waals surface area contributed by atoms with Crippen LogP contribution in [-0.2, 0) is 15.7 Å². The van der Waals surface area contributed by atoms with Crippen LogP contribution in [0.4, 0.5) is 18.9 Å². The predicted octanol–water partition coefficient (Wildman–Crippen LogP) is 4.51. The lowest BCUT2D eigenvalue weighted by Crippen LogP contribution is -2.22. The van der Waals surface area contributed by atoms with Gasteiger partial charge in [-0.1, -0.05) is 23.2 Å². The molecule has 2 aromatic carbocycles. The van der Waals surface area contributed by atoms with Crippen molar-refractivity contribution in [3.63, 3.8) is 0 Å². The minimum atomic E-state index is -4.74. The first-order chi connectivity index (χ1) is 12.1. The van der Waals surface area contributed by atoms with Gasteiger partial charge in [-0.25, -0.2) is 4.79 Å². The van der Waals surface area contributed by atoms with E-state index in [0.29, 0.717) is 6.07 Å². The van der Waals surface area contributed by atoms with Crippen molar-refractivity contribution in [1.29, 1.82) is 0 Å². The SMILES string of the molecule is O=C(COC(=O)c1cc(Cl)ccc1O)Nc1ccc(Cl)cc1C(F)(F)F. The van der Waals surface area contributed by atoms with E-state index in [1.807, 2.05) is 5.32 Å². The zero-order valence-corrected chi connectivity index (χ0v) is 14.2. The van der Waals surface area contributed by atoms with E-state index < -0.39 is 41.7 Å². The summed E-state index contributed by atoms with van der Waals surface area (Å²) < 4.78 is 43.6. The van der Waals surface area contributed by atoms with Gasteiger partial charge in [0.2, 0.25) is 0 Å². The lowest BCUT2D eigenvalue weighted by atomic mass is 10.1. The van der Waals surface area contributed by atoms with Gasteiger partial charge in [0.25, 0.3) is 5.91 Å². The fourth-order valence-electron chi connectivity index (χ4n) is 1.93. The monoisotopic (exact) mass is 407 g/mol. The molecule has 0 heterocycles. The van der Waals surface area contributed by atoms with Crippen LogP contribution < -0.4 is 5.32 Å². The number of carbonyl (C=O) groups excluding carboxylic acids is 2. The van der Waals surface area contributed by atoms with Crippen molar-refractivity contribution in [2.75, 3.05) is 11.9 Å². The highest BCUT2D eigenvalue weighted by atomic mass is 35.5. The second-order valence-corrected chi connectivity index (χ2v) is 5.85. The summed E-state index contributed by atoms with van der Waals surface area (Å²) in [5, 5.41) is 11.5. The molecule has 1 amide bonds. The van der Waals surface area contributed by atoms with E-state index in [4.69, 9.17) is 23.2 Å². The number of hydrogen-bond acceptors (Lipinski definition) is 4. The summed E-state index contributed by atoms with van der Waals surface area (Å²) in [7, 11) is 0. The summed E-state index contributed by atoms with van der Waals surface area (Å²) in [5.74, 6) is -2.49. The van der Waals surface area contributed by atoms with E-state index in [2.05, 4.69) is 4.74 Å². The van der Waals surface area contributed by atoms with Crippen molar-refractivity contribution < 1.29 is 32.6 Å². The maximum absolute atomic E-state index is 13.0. The fourth-order valence-corrected chi connectivity index (χ4v) is 2.27. The van der Waals surface area contributed by atoms with Gasteiger partial charge in [-0.2, -0.15) is 13.2 Å². The van der Waals surface area contributed by atoms with Crippen molar-refractivity contribution in [3.8, 4) is 5.75 Å². The van der Waals surface area contributed by atoms with Crippen LogP contribution in [0.3, 0.4) is 0 Å². The molecule has 0 aliphatic carbocycles. The highest BCUT2D eigenvalue weighted by Gasteiger charge is 2.34. The molecule has 2 aromatic rings. The molecule has 0 atom stereocenters. The molecule has 2 N–H and O–H groups in total. The molecule has 0 aliphatic rings. The molecule has 10 heteroatoms. The van der Waals surface area contributed by atoms with Crippen molar-refractivity contribution in [1.82, 2.24) is 0 Å².